The Hall–Kier alpha value is -1.09. The van der Waals surface area contributed by atoms with E-state index in [-0.39, 0.29) is 6.61 Å². The van der Waals surface area contributed by atoms with Crippen LogP contribution in [0.15, 0.2) is 24.8 Å². The largest absolute Gasteiger partial charge is 0.462 e. The molecule has 0 saturated carbocycles. The van der Waals surface area contributed by atoms with E-state index in [9.17, 15) is 9.90 Å². The van der Waals surface area contributed by atoms with Gasteiger partial charge < -0.3 is 9.84 Å². The first kappa shape index (κ1) is 13.9. The standard InChI is InChI=1S/C12H20O3/c1-5-7-12(14,6-2)8-9-15-11(13)10(3)4/h5,14H,1,3,6-9H2,2,4H3. The Morgan fingerprint density at radius 2 is 2.20 bits per heavy atom. The van der Waals surface area contributed by atoms with Crippen molar-refractivity contribution in [2.45, 2.75) is 38.7 Å². The van der Waals surface area contributed by atoms with Crippen molar-refractivity contribution in [1.82, 2.24) is 0 Å². The van der Waals surface area contributed by atoms with Crippen LogP contribution in [-0.2, 0) is 9.53 Å². The predicted octanol–water partition coefficient (Wildman–Crippen LogP) is 2.21. The Kier molecular flexibility index (Phi) is 5.94. The molecule has 0 bridgehead atoms. The first-order valence-corrected chi connectivity index (χ1v) is 5.11. The Bertz CT molecular complexity index is 245. The molecule has 0 radical (unpaired) electrons. The molecule has 1 unspecified atom stereocenters. The van der Waals surface area contributed by atoms with Crippen molar-refractivity contribution in [1.29, 1.82) is 0 Å². The molecule has 0 saturated heterocycles. The first-order valence-electron chi connectivity index (χ1n) is 5.11. The lowest BCUT2D eigenvalue weighted by Gasteiger charge is -2.24. The molecule has 0 fully saturated rings. The Morgan fingerprint density at radius 3 is 2.60 bits per heavy atom. The summed E-state index contributed by atoms with van der Waals surface area (Å²) < 4.78 is 4.91. The first-order chi connectivity index (χ1) is 6.95. The molecule has 0 heterocycles. The van der Waals surface area contributed by atoms with Crippen molar-refractivity contribution < 1.29 is 14.6 Å². The van der Waals surface area contributed by atoms with Crippen molar-refractivity contribution in [2.75, 3.05) is 6.61 Å². The maximum absolute atomic E-state index is 11.1. The lowest BCUT2D eigenvalue weighted by Crippen LogP contribution is -2.29. The van der Waals surface area contributed by atoms with Crippen molar-refractivity contribution >= 4 is 5.97 Å². The average Bonchev–Trinajstić information content (AvgIpc) is 2.18. The summed E-state index contributed by atoms with van der Waals surface area (Å²) in [5, 5.41) is 9.99. The molecule has 86 valence electrons. The van der Waals surface area contributed by atoms with E-state index in [0.717, 1.165) is 0 Å². The Balaban J connectivity index is 3.96. The van der Waals surface area contributed by atoms with Gasteiger partial charge in [-0.1, -0.05) is 19.6 Å². The second-order valence-corrected chi connectivity index (χ2v) is 3.74. The number of carbonyl (C=O) groups excluding carboxylic acids is 1. The van der Waals surface area contributed by atoms with Gasteiger partial charge in [0.15, 0.2) is 0 Å². The summed E-state index contributed by atoms with van der Waals surface area (Å²) in [5.41, 5.74) is -0.435. The molecule has 0 aromatic carbocycles. The summed E-state index contributed by atoms with van der Waals surface area (Å²) >= 11 is 0. The van der Waals surface area contributed by atoms with Gasteiger partial charge in [-0.05, 0) is 19.8 Å². The molecule has 0 aliphatic heterocycles. The minimum absolute atomic E-state index is 0.212. The van der Waals surface area contributed by atoms with Gasteiger partial charge in [0.2, 0.25) is 0 Å². The van der Waals surface area contributed by atoms with Gasteiger partial charge in [-0.15, -0.1) is 6.58 Å². The van der Waals surface area contributed by atoms with E-state index in [1.807, 2.05) is 6.92 Å². The van der Waals surface area contributed by atoms with Crippen molar-refractivity contribution in [2.24, 2.45) is 0 Å². The number of aliphatic hydroxyl groups is 1. The van der Waals surface area contributed by atoms with Crippen LogP contribution < -0.4 is 0 Å². The number of esters is 1. The molecule has 15 heavy (non-hydrogen) atoms. The minimum Gasteiger partial charge on any atom is -0.462 e. The molecule has 0 spiro atoms. The minimum atomic E-state index is -0.808. The highest BCUT2D eigenvalue weighted by Gasteiger charge is 2.23. The highest BCUT2D eigenvalue weighted by atomic mass is 16.5. The zero-order chi connectivity index (χ0) is 11.9. The molecule has 3 heteroatoms. The van der Waals surface area contributed by atoms with Gasteiger partial charge in [-0.25, -0.2) is 4.79 Å². The molecule has 1 N–H and O–H groups in total. The predicted molar refractivity (Wildman–Crippen MR) is 60.4 cm³/mol. The third kappa shape index (κ3) is 5.37. The van der Waals surface area contributed by atoms with E-state index >= 15 is 0 Å². The molecule has 0 aliphatic rings. The van der Waals surface area contributed by atoms with E-state index in [0.29, 0.717) is 24.8 Å². The number of hydrogen-bond donors (Lipinski definition) is 1. The van der Waals surface area contributed by atoms with Crippen LogP contribution in [-0.4, -0.2) is 23.3 Å². The summed E-state index contributed by atoms with van der Waals surface area (Å²) in [7, 11) is 0. The van der Waals surface area contributed by atoms with Gasteiger partial charge in [0.1, 0.15) is 0 Å². The number of rotatable bonds is 7. The second-order valence-electron chi connectivity index (χ2n) is 3.74. The molecule has 0 aliphatic carbocycles. The Morgan fingerprint density at radius 1 is 1.60 bits per heavy atom. The van der Waals surface area contributed by atoms with Crippen LogP contribution in [0.1, 0.15) is 33.1 Å². The van der Waals surface area contributed by atoms with Crippen molar-refractivity contribution in [3.63, 3.8) is 0 Å². The summed E-state index contributed by atoms with van der Waals surface area (Å²) in [4.78, 5) is 11.1. The molecule has 0 rings (SSSR count). The van der Waals surface area contributed by atoms with Crippen LogP contribution in [0, 0.1) is 0 Å². The maximum Gasteiger partial charge on any atom is 0.333 e. The SMILES string of the molecule is C=CCC(O)(CC)CCOC(=O)C(=C)C. The van der Waals surface area contributed by atoms with Crippen molar-refractivity contribution in [3.8, 4) is 0 Å². The van der Waals surface area contributed by atoms with Crippen LogP contribution in [0.2, 0.25) is 0 Å². The van der Waals surface area contributed by atoms with Crippen LogP contribution in [0.3, 0.4) is 0 Å². The van der Waals surface area contributed by atoms with Crippen molar-refractivity contribution in [3.05, 3.63) is 24.8 Å². The number of hydrogen-bond acceptors (Lipinski definition) is 3. The quantitative estimate of drug-likeness (QED) is 0.400. The van der Waals surface area contributed by atoms with Gasteiger partial charge in [0.25, 0.3) is 0 Å². The zero-order valence-corrected chi connectivity index (χ0v) is 9.58. The average molecular weight is 212 g/mol. The lowest BCUT2D eigenvalue weighted by atomic mass is 9.93. The van der Waals surface area contributed by atoms with Gasteiger partial charge in [-0.3, -0.25) is 0 Å². The molecular formula is C12H20O3. The fraction of sp³-hybridized carbons (Fsp3) is 0.583. The maximum atomic E-state index is 11.1. The second kappa shape index (κ2) is 6.40. The van der Waals surface area contributed by atoms with E-state index < -0.39 is 11.6 Å². The summed E-state index contributed by atoms with van der Waals surface area (Å²) in [6.07, 6.45) is 3.22. The van der Waals surface area contributed by atoms with Gasteiger partial charge in [0, 0.05) is 12.0 Å². The highest BCUT2D eigenvalue weighted by Crippen LogP contribution is 2.20. The molecule has 0 amide bonds. The zero-order valence-electron chi connectivity index (χ0n) is 9.58. The molecular weight excluding hydrogens is 192 g/mol. The van der Waals surface area contributed by atoms with Gasteiger partial charge in [-0.2, -0.15) is 0 Å². The number of carbonyl (C=O) groups is 1. The molecule has 3 nitrogen and oxygen atoms in total. The van der Waals surface area contributed by atoms with Crippen LogP contribution in [0.5, 0.6) is 0 Å². The lowest BCUT2D eigenvalue weighted by molar-refractivity contribution is -0.140. The fourth-order valence-corrected chi connectivity index (χ4v) is 1.15. The van der Waals surface area contributed by atoms with Crippen LogP contribution in [0.4, 0.5) is 0 Å². The third-order valence-electron chi connectivity index (χ3n) is 2.33. The monoisotopic (exact) mass is 212 g/mol. The Labute approximate surface area is 91.4 Å². The highest BCUT2D eigenvalue weighted by molar-refractivity contribution is 5.86. The summed E-state index contributed by atoms with van der Waals surface area (Å²) in [6, 6.07) is 0. The summed E-state index contributed by atoms with van der Waals surface area (Å²) in [5.74, 6) is -0.410. The molecule has 0 aromatic heterocycles. The molecule has 0 aromatic rings. The van der Waals surface area contributed by atoms with Crippen LogP contribution >= 0.6 is 0 Å². The van der Waals surface area contributed by atoms with E-state index in [1.54, 1.807) is 13.0 Å². The normalized spacial score (nSPS) is 14.1. The smallest absolute Gasteiger partial charge is 0.333 e. The van der Waals surface area contributed by atoms with E-state index in [4.69, 9.17) is 4.74 Å². The molecule has 1 atom stereocenters. The topological polar surface area (TPSA) is 46.5 Å². The van der Waals surface area contributed by atoms with Crippen LogP contribution in [0.25, 0.3) is 0 Å². The van der Waals surface area contributed by atoms with Gasteiger partial charge >= 0.3 is 5.97 Å². The third-order valence-corrected chi connectivity index (χ3v) is 2.33. The summed E-state index contributed by atoms with van der Waals surface area (Å²) in [6.45, 7) is 10.8. The fourth-order valence-electron chi connectivity index (χ4n) is 1.15. The van der Waals surface area contributed by atoms with Gasteiger partial charge in [0.05, 0.1) is 12.2 Å². The van der Waals surface area contributed by atoms with E-state index in [2.05, 4.69) is 13.2 Å². The van der Waals surface area contributed by atoms with E-state index in [1.165, 1.54) is 0 Å². The number of ether oxygens (including phenoxy) is 1.